The van der Waals surface area contributed by atoms with Gasteiger partial charge in [-0.1, -0.05) is 30.0 Å². The van der Waals surface area contributed by atoms with Gasteiger partial charge in [0.1, 0.15) is 0 Å². The SMILES string of the molecule is O=C(O)Cc1csc(Sc2ccccc2)n1. The largest absolute Gasteiger partial charge is 0.481 e. The van der Waals surface area contributed by atoms with E-state index in [0.717, 1.165) is 9.24 Å². The average molecular weight is 251 g/mol. The number of carboxylic acids is 1. The number of aliphatic carboxylic acids is 1. The molecule has 0 amide bonds. The van der Waals surface area contributed by atoms with E-state index >= 15 is 0 Å². The lowest BCUT2D eigenvalue weighted by Crippen LogP contribution is -1.99. The summed E-state index contributed by atoms with van der Waals surface area (Å²) in [6.45, 7) is 0. The maximum atomic E-state index is 10.5. The van der Waals surface area contributed by atoms with E-state index in [2.05, 4.69) is 4.98 Å². The third-order valence-electron chi connectivity index (χ3n) is 1.81. The van der Waals surface area contributed by atoms with E-state index in [1.807, 2.05) is 30.3 Å². The Morgan fingerprint density at radius 1 is 1.38 bits per heavy atom. The van der Waals surface area contributed by atoms with E-state index < -0.39 is 5.97 Å². The number of thiazole rings is 1. The summed E-state index contributed by atoms with van der Waals surface area (Å²) in [6.07, 6.45) is -0.00809. The first-order chi connectivity index (χ1) is 7.74. The van der Waals surface area contributed by atoms with Gasteiger partial charge in [-0.25, -0.2) is 4.98 Å². The Balaban J connectivity index is 2.06. The molecule has 1 aromatic carbocycles. The van der Waals surface area contributed by atoms with Crippen LogP contribution in [0, 0.1) is 0 Å². The van der Waals surface area contributed by atoms with Gasteiger partial charge in [-0.05, 0) is 12.1 Å². The number of nitrogens with zero attached hydrogens (tertiary/aromatic N) is 1. The smallest absolute Gasteiger partial charge is 0.309 e. The molecule has 0 spiro atoms. The van der Waals surface area contributed by atoms with Crippen LogP contribution in [0.1, 0.15) is 5.69 Å². The van der Waals surface area contributed by atoms with Crippen molar-refractivity contribution in [3.63, 3.8) is 0 Å². The molecule has 0 bridgehead atoms. The monoisotopic (exact) mass is 251 g/mol. The number of carbonyl (C=O) groups is 1. The molecule has 2 aromatic rings. The molecule has 1 N–H and O–H groups in total. The summed E-state index contributed by atoms with van der Waals surface area (Å²) in [5.41, 5.74) is 0.621. The number of hydrogen-bond acceptors (Lipinski definition) is 4. The van der Waals surface area contributed by atoms with Gasteiger partial charge in [0, 0.05) is 10.3 Å². The molecule has 0 aliphatic carbocycles. The zero-order chi connectivity index (χ0) is 11.4. The third-order valence-corrected chi connectivity index (χ3v) is 3.81. The number of aromatic nitrogens is 1. The van der Waals surface area contributed by atoms with Crippen molar-refractivity contribution in [2.75, 3.05) is 0 Å². The first-order valence-electron chi connectivity index (χ1n) is 4.63. The van der Waals surface area contributed by atoms with E-state index in [1.165, 1.54) is 11.3 Å². The van der Waals surface area contributed by atoms with Crippen molar-refractivity contribution in [2.45, 2.75) is 15.7 Å². The topological polar surface area (TPSA) is 50.2 Å². The highest BCUT2D eigenvalue weighted by Crippen LogP contribution is 2.29. The van der Waals surface area contributed by atoms with Crippen molar-refractivity contribution in [2.24, 2.45) is 0 Å². The zero-order valence-corrected chi connectivity index (χ0v) is 9.92. The standard InChI is InChI=1S/C11H9NO2S2/c13-10(14)6-8-7-15-11(12-8)16-9-4-2-1-3-5-9/h1-5,7H,6H2,(H,13,14). The second-order valence-corrected chi connectivity index (χ2v) is 5.27. The molecule has 0 saturated carbocycles. The second-order valence-electron chi connectivity index (χ2n) is 3.09. The molecule has 3 nitrogen and oxygen atoms in total. The fourth-order valence-electron chi connectivity index (χ4n) is 1.16. The van der Waals surface area contributed by atoms with Gasteiger partial charge in [-0.2, -0.15) is 0 Å². The third kappa shape index (κ3) is 3.08. The van der Waals surface area contributed by atoms with Crippen LogP contribution in [0.2, 0.25) is 0 Å². The molecule has 0 unspecified atom stereocenters. The van der Waals surface area contributed by atoms with Crippen LogP contribution in [-0.2, 0) is 11.2 Å². The molecule has 0 aliphatic heterocycles. The molecule has 0 atom stereocenters. The Labute approximate surface area is 101 Å². The van der Waals surface area contributed by atoms with Crippen LogP contribution in [0.3, 0.4) is 0 Å². The van der Waals surface area contributed by atoms with Crippen LogP contribution in [0.15, 0.2) is 44.9 Å². The molecule has 1 heterocycles. The summed E-state index contributed by atoms with van der Waals surface area (Å²) < 4.78 is 0.877. The highest BCUT2D eigenvalue weighted by Gasteiger charge is 2.06. The summed E-state index contributed by atoms with van der Waals surface area (Å²) in [6, 6.07) is 9.90. The molecule has 0 aliphatic rings. The van der Waals surface area contributed by atoms with E-state index in [4.69, 9.17) is 5.11 Å². The average Bonchev–Trinajstić information content (AvgIpc) is 2.66. The molecule has 2 rings (SSSR count). The molecule has 1 aromatic heterocycles. The van der Waals surface area contributed by atoms with E-state index in [0.29, 0.717) is 5.69 Å². The molecular weight excluding hydrogens is 242 g/mol. The Morgan fingerprint density at radius 3 is 2.81 bits per heavy atom. The first-order valence-corrected chi connectivity index (χ1v) is 6.33. The molecule has 0 saturated heterocycles. The van der Waals surface area contributed by atoms with Crippen LogP contribution in [-0.4, -0.2) is 16.1 Å². The maximum absolute atomic E-state index is 10.5. The van der Waals surface area contributed by atoms with E-state index in [1.54, 1.807) is 17.1 Å². The number of carboxylic acid groups (broad SMARTS) is 1. The lowest BCUT2D eigenvalue weighted by atomic mass is 10.3. The first kappa shape index (κ1) is 11.2. The van der Waals surface area contributed by atoms with Crippen LogP contribution < -0.4 is 0 Å². The van der Waals surface area contributed by atoms with Gasteiger partial charge >= 0.3 is 5.97 Å². The lowest BCUT2D eigenvalue weighted by molar-refractivity contribution is -0.136. The van der Waals surface area contributed by atoms with E-state index in [9.17, 15) is 4.79 Å². The van der Waals surface area contributed by atoms with Gasteiger partial charge in [0.2, 0.25) is 0 Å². The van der Waals surface area contributed by atoms with Gasteiger partial charge in [0.05, 0.1) is 12.1 Å². The Bertz CT molecular complexity index is 482. The Hall–Kier alpha value is -1.33. The van der Waals surface area contributed by atoms with Crippen molar-refractivity contribution in [1.29, 1.82) is 0 Å². The highest BCUT2D eigenvalue weighted by atomic mass is 32.2. The van der Waals surface area contributed by atoms with Gasteiger partial charge in [0.25, 0.3) is 0 Å². The lowest BCUT2D eigenvalue weighted by Gasteiger charge is -1.95. The normalized spacial score (nSPS) is 10.2. The highest BCUT2D eigenvalue weighted by molar-refractivity contribution is 8.01. The van der Waals surface area contributed by atoms with E-state index in [-0.39, 0.29) is 6.42 Å². The van der Waals surface area contributed by atoms with Crippen LogP contribution in [0.5, 0.6) is 0 Å². The van der Waals surface area contributed by atoms with Gasteiger partial charge in [-0.3, -0.25) is 4.79 Å². The molecule has 82 valence electrons. The molecule has 0 radical (unpaired) electrons. The number of hydrogen-bond donors (Lipinski definition) is 1. The fourth-order valence-corrected chi connectivity index (χ4v) is 2.99. The Morgan fingerprint density at radius 2 is 2.12 bits per heavy atom. The quantitative estimate of drug-likeness (QED) is 0.907. The van der Waals surface area contributed by atoms with Gasteiger partial charge < -0.3 is 5.11 Å². The molecule has 5 heteroatoms. The maximum Gasteiger partial charge on any atom is 0.309 e. The van der Waals surface area contributed by atoms with Crippen molar-refractivity contribution in [3.05, 3.63) is 41.4 Å². The summed E-state index contributed by atoms with van der Waals surface area (Å²) >= 11 is 3.02. The summed E-state index contributed by atoms with van der Waals surface area (Å²) in [7, 11) is 0. The van der Waals surface area contributed by atoms with Crippen LogP contribution >= 0.6 is 23.1 Å². The van der Waals surface area contributed by atoms with Crippen molar-refractivity contribution in [1.82, 2.24) is 4.98 Å². The number of benzene rings is 1. The fraction of sp³-hybridized carbons (Fsp3) is 0.0909. The summed E-state index contributed by atoms with van der Waals surface area (Å²) in [5.74, 6) is -0.846. The predicted octanol–water partition coefficient (Wildman–Crippen LogP) is 2.92. The summed E-state index contributed by atoms with van der Waals surface area (Å²) in [4.78, 5) is 15.9. The van der Waals surface area contributed by atoms with Crippen LogP contribution in [0.25, 0.3) is 0 Å². The van der Waals surface area contributed by atoms with Crippen molar-refractivity contribution < 1.29 is 9.90 Å². The number of rotatable bonds is 4. The molecule has 0 fully saturated rings. The Kier molecular flexibility index (Phi) is 3.58. The predicted molar refractivity (Wildman–Crippen MR) is 64.0 cm³/mol. The van der Waals surface area contributed by atoms with Crippen LogP contribution in [0.4, 0.5) is 0 Å². The minimum absolute atomic E-state index is 0.00809. The molecule has 16 heavy (non-hydrogen) atoms. The van der Waals surface area contributed by atoms with Gasteiger partial charge in [-0.15, -0.1) is 11.3 Å². The minimum atomic E-state index is -0.846. The van der Waals surface area contributed by atoms with Gasteiger partial charge in [0.15, 0.2) is 4.34 Å². The summed E-state index contributed by atoms with van der Waals surface area (Å²) in [5, 5.41) is 10.4. The minimum Gasteiger partial charge on any atom is -0.481 e. The zero-order valence-electron chi connectivity index (χ0n) is 8.29. The second kappa shape index (κ2) is 5.14. The van der Waals surface area contributed by atoms with Crippen molar-refractivity contribution >= 4 is 29.1 Å². The molecular formula is C11H9NO2S2. The van der Waals surface area contributed by atoms with Crippen molar-refractivity contribution in [3.8, 4) is 0 Å².